The summed E-state index contributed by atoms with van der Waals surface area (Å²) in [6.45, 7) is 3.29. The van der Waals surface area contributed by atoms with Crippen molar-refractivity contribution in [3.63, 3.8) is 0 Å². The first kappa shape index (κ1) is 21.2. The van der Waals surface area contributed by atoms with Gasteiger partial charge in [0.1, 0.15) is 17.3 Å². The summed E-state index contributed by atoms with van der Waals surface area (Å²) in [7, 11) is 5.08. The molecule has 8 heteroatoms. The summed E-state index contributed by atoms with van der Waals surface area (Å²) in [5.74, 6) is 3.77. The van der Waals surface area contributed by atoms with Crippen LogP contribution in [0.25, 0.3) is 11.4 Å². The van der Waals surface area contributed by atoms with Gasteiger partial charge in [0, 0.05) is 19.2 Å². The van der Waals surface area contributed by atoms with Gasteiger partial charge in [-0.3, -0.25) is 10.1 Å². The number of guanidine groups is 1. The molecule has 8 nitrogen and oxygen atoms in total. The quantitative estimate of drug-likeness (QED) is 0.392. The fraction of sp³-hybridized carbons (Fsp3) is 0.318. The molecule has 3 rings (SSSR count). The Morgan fingerprint density at radius 1 is 1.07 bits per heavy atom. The molecule has 0 amide bonds. The second-order valence-corrected chi connectivity index (χ2v) is 6.75. The number of rotatable bonds is 8. The maximum absolute atomic E-state index is 5.44. The topological polar surface area (TPSA) is 96.5 Å². The highest BCUT2D eigenvalue weighted by atomic mass is 16.5. The van der Waals surface area contributed by atoms with Crippen molar-refractivity contribution in [2.75, 3.05) is 27.8 Å². The number of hydrogen-bond acceptors (Lipinski definition) is 5. The molecule has 0 aliphatic rings. The Morgan fingerprint density at radius 2 is 1.87 bits per heavy atom. The molecule has 1 aromatic heterocycles. The lowest BCUT2D eigenvalue weighted by molar-refractivity contribution is 0.409. The number of nitrogens with one attached hydrogen (secondary N) is 3. The monoisotopic (exact) mass is 408 g/mol. The van der Waals surface area contributed by atoms with Crippen molar-refractivity contribution in [1.82, 2.24) is 25.8 Å². The fourth-order valence-electron chi connectivity index (χ4n) is 3.05. The lowest BCUT2D eigenvalue weighted by Crippen LogP contribution is -2.38. The van der Waals surface area contributed by atoms with Crippen molar-refractivity contribution in [2.24, 2.45) is 4.99 Å². The number of nitrogens with zero attached hydrogens (tertiary/aromatic N) is 3. The van der Waals surface area contributed by atoms with E-state index in [0.717, 1.165) is 35.9 Å². The molecule has 0 saturated carbocycles. The first-order valence-electron chi connectivity index (χ1n) is 9.76. The molecule has 0 spiro atoms. The molecule has 0 bridgehead atoms. The number of ether oxygens (including phenoxy) is 2. The molecule has 1 heterocycles. The van der Waals surface area contributed by atoms with E-state index in [1.807, 2.05) is 36.4 Å². The normalized spacial score (nSPS) is 11.3. The molecule has 0 radical (unpaired) electrons. The van der Waals surface area contributed by atoms with Crippen LogP contribution in [0.3, 0.4) is 0 Å². The van der Waals surface area contributed by atoms with Crippen molar-refractivity contribution in [1.29, 1.82) is 0 Å². The van der Waals surface area contributed by atoms with Gasteiger partial charge >= 0.3 is 0 Å². The van der Waals surface area contributed by atoms with E-state index in [2.05, 4.69) is 43.8 Å². The van der Waals surface area contributed by atoms with E-state index >= 15 is 0 Å². The molecule has 3 aromatic rings. The third-order valence-electron chi connectivity index (χ3n) is 4.65. The number of methoxy groups -OCH3 is 2. The zero-order chi connectivity index (χ0) is 21.3. The van der Waals surface area contributed by atoms with E-state index in [9.17, 15) is 0 Å². The molecule has 0 atom stereocenters. The maximum Gasteiger partial charge on any atom is 0.191 e. The van der Waals surface area contributed by atoms with Crippen LogP contribution in [0, 0.1) is 6.92 Å². The second kappa shape index (κ2) is 10.3. The highest BCUT2D eigenvalue weighted by molar-refractivity contribution is 5.79. The summed E-state index contributed by atoms with van der Waals surface area (Å²) in [6.07, 6.45) is 0.829. The first-order chi connectivity index (χ1) is 14.6. The molecule has 158 valence electrons. The summed E-state index contributed by atoms with van der Waals surface area (Å²) >= 11 is 0. The maximum atomic E-state index is 5.44. The Bertz CT molecular complexity index is 982. The van der Waals surface area contributed by atoms with Gasteiger partial charge in [-0.2, -0.15) is 5.10 Å². The van der Waals surface area contributed by atoms with E-state index in [-0.39, 0.29) is 0 Å². The number of aromatic nitrogens is 3. The predicted octanol–water partition coefficient (Wildman–Crippen LogP) is 2.71. The van der Waals surface area contributed by atoms with Crippen LogP contribution in [0.5, 0.6) is 11.5 Å². The van der Waals surface area contributed by atoms with Gasteiger partial charge in [-0.05, 0) is 49.2 Å². The molecular formula is C22H28N6O2. The summed E-state index contributed by atoms with van der Waals surface area (Å²) < 4.78 is 10.6. The largest absolute Gasteiger partial charge is 0.497 e. The molecule has 0 fully saturated rings. The van der Waals surface area contributed by atoms with E-state index < -0.39 is 0 Å². The van der Waals surface area contributed by atoms with Gasteiger partial charge in [0.25, 0.3) is 0 Å². The molecule has 0 aliphatic carbocycles. The average Bonchev–Trinajstić information content (AvgIpc) is 3.25. The van der Waals surface area contributed by atoms with Crippen LogP contribution >= 0.6 is 0 Å². The number of aliphatic imine (C=N–C) groups is 1. The smallest absolute Gasteiger partial charge is 0.191 e. The van der Waals surface area contributed by atoms with Crippen LogP contribution < -0.4 is 20.1 Å². The second-order valence-electron chi connectivity index (χ2n) is 6.75. The lowest BCUT2D eigenvalue weighted by Gasteiger charge is -2.13. The zero-order valence-corrected chi connectivity index (χ0v) is 17.8. The van der Waals surface area contributed by atoms with Crippen LogP contribution in [0.15, 0.2) is 47.5 Å². The number of H-pyrrole nitrogens is 1. The number of hydrogen-bond donors (Lipinski definition) is 3. The minimum Gasteiger partial charge on any atom is -0.497 e. The summed E-state index contributed by atoms with van der Waals surface area (Å²) in [4.78, 5) is 8.80. The van der Waals surface area contributed by atoms with Crippen molar-refractivity contribution in [2.45, 2.75) is 19.9 Å². The minimum atomic E-state index is 0.483. The summed E-state index contributed by atoms with van der Waals surface area (Å²) in [6, 6.07) is 13.8. The van der Waals surface area contributed by atoms with Crippen molar-refractivity contribution in [3.05, 3.63) is 59.4 Å². The van der Waals surface area contributed by atoms with E-state index in [1.165, 1.54) is 11.1 Å². The Hall–Kier alpha value is -3.55. The molecule has 0 saturated heterocycles. The van der Waals surface area contributed by atoms with Crippen molar-refractivity contribution >= 4 is 5.96 Å². The predicted molar refractivity (Wildman–Crippen MR) is 118 cm³/mol. The Labute approximate surface area is 176 Å². The molecule has 30 heavy (non-hydrogen) atoms. The Balaban J connectivity index is 1.51. The lowest BCUT2D eigenvalue weighted by atomic mass is 10.1. The third-order valence-corrected chi connectivity index (χ3v) is 4.65. The minimum absolute atomic E-state index is 0.483. The molecular weight excluding hydrogens is 380 g/mol. The van der Waals surface area contributed by atoms with Gasteiger partial charge in [-0.1, -0.05) is 17.7 Å². The number of aryl methyl sites for hydroxylation is 1. The molecule has 2 aromatic carbocycles. The number of benzene rings is 2. The summed E-state index contributed by atoms with van der Waals surface area (Å²) in [5, 5.41) is 13.8. The summed E-state index contributed by atoms with van der Waals surface area (Å²) in [5.41, 5.74) is 3.30. The van der Waals surface area contributed by atoms with Crippen LogP contribution in [-0.4, -0.2) is 49.0 Å². The van der Waals surface area contributed by atoms with E-state index in [0.29, 0.717) is 18.3 Å². The van der Waals surface area contributed by atoms with Gasteiger partial charge in [0.2, 0.25) is 0 Å². The zero-order valence-electron chi connectivity index (χ0n) is 17.8. The molecule has 3 N–H and O–H groups in total. The van der Waals surface area contributed by atoms with Crippen LogP contribution in [-0.2, 0) is 13.0 Å². The first-order valence-corrected chi connectivity index (χ1v) is 9.76. The highest BCUT2D eigenvalue weighted by Crippen LogP contribution is 2.20. The van der Waals surface area contributed by atoms with Gasteiger partial charge in [-0.25, -0.2) is 4.98 Å². The Morgan fingerprint density at radius 3 is 2.57 bits per heavy atom. The SMILES string of the molecule is CN=C(NCCc1cc(C)ccc1OC)NCc1nc(-c2ccc(OC)cc2)n[nH]1. The average molecular weight is 409 g/mol. The Kier molecular flexibility index (Phi) is 7.26. The van der Waals surface area contributed by atoms with Gasteiger partial charge in [0.05, 0.1) is 20.8 Å². The van der Waals surface area contributed by atoms with Crippen molar-refractivity contribution < 1.29 is 9.47 Å². The highest BCUT2D eigenvalue weighted by Gasteiger charge is 2.08. The number of aromatic amines is 1. The third kappa shape index (κ3) is 5.50. The van der Waals surface area contributed by atoms with Crippen LogP contribution in [0.2, 0.25) is 0 Å². The van der Waals surface area contributed by atoms with E-state index in [1.54, 1.807) is 21.3 Å². The van der Waals surface area contributed by atoms with Gasteiger partial charge in [-0.15, -0.1) is 0 Å². The van der Waals surface area contributed by atoms with E-state index in [4.69, 9.17) is 9.47 Å². The van der Waals surface area contributed by atoms with Crippen molar-refractivity contribution in [3.8, 4) is 22.9 Å². The molecule has 0 aliphatic heterocycles. The molecule has 0 unspecified atom stereocenters. The van der Waals surface area contributed by atoms with Crippen LogP contribution in [0.1, 0.15) is 17.0 Å². The van der Waals surface area contributed by atoms with Gasteiger partial charge in [0.15, 0.2) is 11.8 Å². The van der Waals surface area contributed by atoms with Crippen LogP contribution in [0.4, 0.5) is 0 Å². The van der Waals surface area contributed by atoms with Gasteiger partial charge < -0.3 is 20.1 Å². The fourth-order valence-corrected chi connectivity index (χ4v) is 3.05. The standard InChI is InChI=1S/C22H28N6O2/c1-15-5-10-19(30-4)17(13-15)11-12-24-22(23-2)25-14-20-26-21(28-27-20)16-6-8-18(29-3)9-7-16/h5-10,13H,11-12,14H2,1-4H3,(H2,23,24,25)(H,26,27,28).